The number of anilines is 2. The molecule has 0 aliphatic carbocycles. The summed E-state index contributed by atoms with van der Waals surface area (Å²) in [4.78, 5) is 25.8. The van der Waals surface area contributed by atoms with Crippen molar-refractivity contribution in [2.24, 2.45) is 0 Å². The quantitative estimate of drug-likeness (QED) is 0.675. The third-order valence-corrected chi connectivity index (χ3v) is 4.88. The lowest BCUT2D eigenvalue weighted by molar-refractivity contribution is -0.885. The van der Waals surface area contributed by atoms with Gasteiger partial charge in [0.15, 0.2) is 24.1 Å². The molecule has 28 heavy (non-hydrogen) atoms. The summed E-state index contributed by atoms with van der Waals surface area (Å²) in [6, 6.07) is 12.6. The standard InChI is InChI=1S/C21H25N3O4/c1-4-15-7-5-6-8-17(15)23-20(25)12-24(3)14(2)21(26)22-16-9-10-18-19(11-16)28-13-27-18/h5-11,14H,4,12-13H2,1-3H3,(H,22,26)(H,23,25)/p+1/t14-/m1/s1. The molecule has 3 rings (SSSR count). The highest BCUT2D eigenvalue weighted by molar-refractivity contribution is 5.95. The number of amides is 2. The van der Waals surface area contributed by atoms with Crippen molar-refractivity contribution < 1.29 is 24.0 Å². The number of fused-ring (bicyclic) bond motifs is 1. The fourth-order valence-electron chi connectivity index (χ4n) is 3.00. The fourth-order valence-corrected chi connectivity index (χ4v) is 3.00. The first kappa shape index (κ1) is 19.7. The Labute approximate surface area is 164 Å². The van der Waals surface area contributed by atoms with Crippen molar-refractivity contribution in [1.29, 1.82) is 0 Å². The molecule has 7 heteroatoms. The monoisotopic (exact) mass is 384 g/mol. The van der Waals surface area contributed by atoms with E-state index in [1.807, 2.05) is 38.2 Å². The molecule has 0 radical (unpaired) electrons. The van der Waals surface area contributed by atoms with E-state index in [-0.39, 0.29) is 25.2 Å². The highest BCUT2D eigenvalue weighted by atomic mass is 16.7. The minimum atomic E-state index is -0.405. The molecule has 0 saturated carbocycles. The van der Waals surface area contributed by atoms with Gasteiger partial charge in [0, 0.05) is 17.4 Å². The van der Waals surface area contributed by atoms with Gasteiger partial charge < -0.3 is 25.0 Å². The third kappa shape index (κ3) is 4.61. The van der Waals surface area contributed by atoms with Crippen molar-refractivity contribution in [2.75, 3.05) is 31.0 Å². The van der Waals surface area contributed by atoms with Gasteiger partial charge in [-0.1, -0.05) is 25.1 Å². The van der Waals surface area contributed by atoms with Crippen LogP contribution >= 0.6 is 0 Å². The molecular formula is C21H26N3O4+. The van der Waals surface area contributed by atoms with Crippen LogP contribution in [0.25, 0.3) is 0 Å². The predicted molar refractivity (Wildman–Crippen MR) is 107 cm³/mol. The largest absolute Gasteiger partial charge is 0.454 e. The fraction of sp³-hybridized carbons (Fsp3) is 0.333. The Kier molecular flexibility index (Phi) is 6.16. The van der Waals surface area contributed by atoms with Crippen LogP contribution in [0.5, 0.6) is 11.5 Å². The lowest BCUT2D eigenvalue weighted by atomic mass is 10.1. The van der Waals surface area contributed by atoms with Crippen LogP contribution in [0.15, 0.2) is 42.5 Å². The molecule has 2 atom stereocenters. The highest BCUT2D eigenvalue weighted by Gasteiger charge is 2.25. The zero-order valence-corrected chi connectivity index (χ0v) is 16.4. The van der Waals surface area contributed by atoms with E-state index < -0.39 is 6.04 Å². The second-order valence-corrected chi connectivity index (χ2v) is 6.86. The van der Waals surface area contributed by atoms with Crippen LogP contribution < -0.4 is 25.0 Å². The van der Waals surface area contributed by atoms with Gasteiger partial charge in [0.2, 0.25) is 6.79 Å². The van der Waals surface area contributed by atoms with Crippen LogP contribution in [0.2, 0.25) is 0 Å². The van der Waals surface area contributed by atoms with Crippen LogP contribution in [0.4, 0.5) is 11.4 Å². The summed E-state index contributed by atoms with van der Waals surface area (Å²) in [7, 11) is 1.83. The average molecular weight is 384 g/mol. The summed E-state index contributed by atoms with van der Waals surface area (Å²) < 4.78 is 10.6. The molecule has 2 aromatic carbocycles. The second kappa shape index (κ2) is 8.75. The minimum Gasteiger partial charge on any atom is -0.454 e. The number of carbonyl (C=O) groups excluding carboxylic acids is 2. The summed E-state index contributed by atoms with van der Waals surface area (Å²) in [6.45, 7) is 4.22. The zero-order chi connectivity index (χ0) is 20.1. The molecule has 1 heterocycles. The number of quaternary nitrogens is 1. The van der Waals surface area contributed by atoms with Crippen molar-refractivity contribution in [3.8, 4) is 11.5 Å². The number of hydrogen-bond donors (Lipinski definition) is 3. The lowest BCUT2D eigenvalue weighted by Crippen LogP contribution is -3.14. The molecule has 1 aliphatic rings. The van der Waals surface area contributed by atoms with Gasteiger partial charge in [0.25, 0.3) is 11.8 Å². The van der Waals surface area contributed by atoms with Crippen molar-refractivity contribution >= 4 is 23.2 Å². The van der Waals surface area contributed by atoms with Gasteiger partial charge in [-0.05, 0) is 37.1 Å². The predicted octanol–water partition coefficient (Wildman–Crippen LogP) is 1.46. The molecular weight excluding hydrogens is 358 g/mol. The topological polar surface area (TPSA) is 81.1 Å². The van der Waals surface area contributed by atoms with Gasteiger partial charge in [-0.3, -0.25) is 9.59 Å². The number of hydrogen-bond acceptors (Lipinski definition) is 4. The number of carbonyl (C=O) groups is 2. The number of ether oxygens (including phenoxy) is 2. The normalized spacial score (nSPS) is 14.2. The summed E-state index contributed by atoms with van der Waals surface area (Å²) in [6.07, 6.45) is 0.841. The molecule has 2 amide bonds. The Morgan fingerprint density at radius 2 is 1.86 bits per heavy atom. The van der Waals surface area contributed by atoms with Gasteiger partial charge in [0.05, 0.1) is 7.05 Å². The molecule has 3 N–H and O–H groups in total. The van der Waals surface area contributed by atoms with Gasteiger partial charge in [0.1, 0.15) is 0 Å². The first-order valence-corrected chi connectivity index (χ1v) is 9.38. The number of nitrogens with one attached hydrogen (secondary N) is 3. The maximum Gasteiger partial charge on any atom is 0.282 e. The Bertz CT molecular complexity index is 868. The van der Waals surface area contributed by atoms with E-state index in [0.717, 1.165) is 22.6 Å². The summed E-state index contributed by atoms with van der Waals surface area (Å²) >= 11 is 0. The van der Waals surface area contributed by atoms with Crippen molar-refractivity contribution in [2.45, 2.75) is 26.3 Å². The summed E-state index contributed by atoms with van der Waals surface area (Å²) in [5, 5.41) is 5.81. The van der Waals surface area contributed by atoms with Crippen molar-refractivity contribution in [3.63, 3.8) is 0 Å². The molecule has 0 saturated heterocycles. The smallest absolute Gasteiger partial charge is 0.282 e. The summed E-state index contributed by atoms with van der Waals surface area (Å²) in [5.74, 6) is 0.984. The van der Waals surface area contributed by atoms with Crippen LogP contribution in [-0.2, 0) is 16.0 Å². The molecule has 1 unspecified atom stereocenters. The molecule has 2 aromatic rings. The van der Waals surface area contributed by atoms with E-state index in [9.17, 15) is 9.59 Å². The third-order valence-electron chi connectivity index (χ3n) is 4.88. The van der Waals surface area contributed by atoms with Gasteiger partial charge in [-0.15, -0.1) is 0 Å². The average Bonchev–Trinajstić information content (AvgIpc) is 3.15. The van der Waals surface area contributed by atoms with Gasteiger partial charge in [-0.2, -0.15) is 0 Å². The van der Waals surface area contributed by atoms with E-state index in [0.29, 0.717) is 17.2 Å². The molecule has 148 valence electrons. The molecule has 0 fully saturated rings. The van der Waals surface area contributed by atoms with Gasteiger partial charge >= 0.3 is 0 Å². The Morgan fingerprint density at radius 3 is 2.64 bits per heavy atom. The number of aryl methyl sites for hydroxylation is 1. The van der Waals surface area contributed by atoms with Crippen LogP contribution in [0, 0.1) is 0 Å². The SMILES string of the molecule is CCc1ccccc1NC(=O)C[NH+](C)[C@H](C)C(=O)Nc1ccc2c(c1)OCO2. The lowest BCUT2D eigenvalue weighted by Gasteiger charge is -2.21. The van der Waals surface area contributed by atoms with Crippen molar-refractivity contribution in [3.05, 3.63) is 48.0 Å². The second-order valence-electron chi connectivity index (χ2n) is 6.86. The maximum absolute atomic E-state index is 12.6. The van der Waals surface area contributed by atoms with Crippen molar-refractivity contribution in [1.82, 2.24) is 0 Å². The number of para-hydroxylation sites is 1. The maximum atomic E-state index is 12.6. The molecule has 0 bridgehead atoms. The van der Waals surface area contributed by atoms with E-state index in [2.05, 4.69) is 10.6 Å². The molecule has 7 nitrogen and oxygen atoms in total. The number of benzene rings is 2. The molecule has 0 spiro atoms. The first-order chi connectivity index (χ1) is 13.5. The van der Waals surface area contributed by atoms with E-state index in [4.69, 9.17) is 9.47 Å². The van der Waals surface area contributed by atoms with Crippen LogP contribution in [0.1, 0.15) is 19.4 Å². The van der Waals surface area contributed by atoms with E-state index in [1.165, 1.54) is 0 Å². The first-order valence-electron chi connectivity index (χ1n) is 9.38. The van der Waals surface area contributed by atoms with E-state index >= 15 is 0 Å². The molecule has 1 aliphatic heterocycles. The number of likely N-dealkylation sites (N-methyl/N-ethyl adjacent to an activating group) is 1. The van der Waals surface area contributed by atoms with E-state index in [1.54, 1.807) is 25.1 Å². The minimum absolute atomic E-state index is 0.124. The Hall–Kier alpha value is -3.06. The highest BCUT2D eigenvalue weighted by Crippen LogP contribution is 2.34. The van der Waals surface area contributed by atoms with Gasteiger partial charge in [-0.25, -0.2) is 0 Å². The summed E-state index contributed by atoms with van der Waals surface area (Å²) in [5.41, 5.74) is 2.54. The Morgan fingerprint density at radius 1 is 1.11 bits per heavy atom. The van der Waals surface area contributed by atoms with Crippen LogP contribution in [0.3, 0.4) is 0 Å². The van der Waals surface area contributed by atoms with Crippen LogP contribution in [-0.4, -0.2) is 38.2 Å². The zero-order valence-electron chi connectivity index (χ0n) is 16.4. The number of rotatable bonds is 7. The molecule has 0 aromatic heterocycles. The Balaban J connectivity index is 1.55.